The number of piperazine rings is 1. The number of amides is 1. The van der Waals surface area contributed by atoms with Crippen LogP contribution >= 0.6 is 11.6 Å². The Balaban J connectivity index is 1.37. The fourth-order valence-corrected chi connectivity index (χ4v) is 4.97. The molecule has 10 nitrogen and oxygen atoms in total. The number of benzene rings is 3. The molecule has 2 fully saturated rings. The zero-order valence-corrected chi connectivity index (χ0v) is 22.8. The Morgan fingerprint density at radius 1 is 0.925 bits per heavy atom. The first-order valence-electron chi connectivity index (χ1n) is 13.0. The van der Waals surface area contributed by atoms with E-state index in [0.717, 1.165) is 31.9 Å². The Morgan fingerprint density at radius 3 is 2.38 bits per heavy atom. The van der Waals surface area contributed by atoms with E-state index in [2.05, 4.69) is 27.5 Å². The number of nitro groups is 1. The summed E-state index contributed by atoms with van der Waals surface area (Å²) in [5.74, 6) is -0.941. The van der Waals surface area contributed by atoms with Crippen molar-refractivity contribution in [2.45, 2.75) is 0 Å². The second-order valence-electron chi connectivity index (χ2n) is 9.82. The Labute approximate surface area is 236 Å². The summed E-state index contributed by atoms with van der Waals surface area (Å²) in [6.07, 6.45) is 0. The van der Waals surface area contributed by atoms with Gasteiger partial charge in [0.25, 0.3) is 11.6 Å². The largest absolute Gasteiger partial charge is 0.378 e. The molecule has 0 saturated carbocycles. The minimum absolute atomic E-state index is 0.112. The van der Waals surface area contributed by atoms with Gasteiger partial charge in [0.2, 0.25) is 0 Å². The summed E-state index contributed by atoms with van der Waals surface area (Å²) >= 11 is 6.43. The van der Waals surface area contributed by atoms with Crippen molar-refractivity contribution in [3.05, 3.63) is 81.1 Å². The maximum Gasteiger partial charge on any atom is 0.292 e. The SMILES string of the molecule is CN1CCN(c2ccc([N+](=O)[O-])c(Nc3cc(C(=O)Nc4cc(F)cc(N5CCOCC5)c4)ccc3Cl)c2)CC1. The highest BCUT2D eigenvalue weighted by Gasteiger charge is 2.21. The van der Waals surface area contributed by atoms with Crippen molar-refractivity contribution in [2.75, 3.05) is 80.0 Å². The number of morpholine rings is 1. The molecule has 3 aromatic carbocycles. The lowest BCUT2D eigenvalue weighted by molar-refractivity contribution is -0.383. The molecule has 2 heterocycles. The summed E-state index contributed by atoms with van der Waals surface area (Å²) in [4.78, 5) is 30.8. The fourth-order valence-electron chi connectivity index (χ4n) is 4.81. The molecule has 3 aromatic rings. The average molecular weight is 569 g/mol. The Morgan fingerprint density at radius 2 is 1.65 bits per heavy atom. The van der Waals surface area contributed by atoms with E-state index in [1.165, 1.54) is 24.3 Å². The molecule has 0 unspecified atom stereocenters. The Hall–Kier alpha value is -3.93. The summed E-state index contributed by atoms with van der Waals surface area (Å²) in [6, 6.07) is 13.9. The van der Waals surface area contributed by atoms with Gasteiger partial charge in [0.05, 0.1) is 28.8 Å². The van der Waals surface area contributed by atoms with Gasteiger partial charge in [-0.1, -0.05) is 11.6 Å². The summed E-state index contributed by atoms with van der Waals surface area (Å²) < 4.78 is 19.8. The van der Waals surface area contributed by atoms with Crippen molar-refractivity contribution < 1.29 is 18.8 Å². The van der Waals surface area contributed by atoms with Crippen LogP contribution in [0.25, 0.3) is 0 Å². The number of halogens is 2. The first-order valence-corrected chi connectivity index (χ1v) is 13.4. The lowest BCUT2D eigenvalue weighted by Gasteiger charge is -2.34. The maximum absolute atomic E-state index is 14.4. The summed E-state index contributed by atoms with van der Waals surface area (Å²) in [7, 11) is 2.06. The van der Waals surface area contributed by atoms with Gasteiger partial charge >= 0.3 is 0 Å². The van der Waals surface area contributed by atoms with Gasteiger partial charge in [-0.25, -0.2) is 4.39 Å². The number of ether oxygens (including phenoxy) is 1. The van der Waals surface area contributed by atoms with Crippen molar-refractivity contribution in [3.63, 3.8) is 0 Å². The van der Waals surface area contributed by atoms with Gasteiger partial charge < -0.3 is 30.1 Å². The van der Waals surface area contributed by atoms with E-state index in [4.69, 9.17) is 16.3 Å². The van der Waals surface area contributed by atoms with Crippen molar-refractivity contribution in [2.24, 2.45) is 0 Å². The molecule has 0 bridgehead atoms. The van der Waals surface area contributed by atoms with E-state index >= 15 is 0 Å². The number of nitro benzene ring substituents is 1. The van der Waals surface area contributed by atoms with Gasteiger partial charge in [0.1, 0.15) is 11.5 Å². The maximum atomic E-state index is 14.4. The van der Waals surface area contributed by atoms with Crippen LogP contribution in [0.1, 0.15) is 10.4 Å². The van der Waals surface area contributed by atoms with Crippen LogP contribution in [-0.2, 0) is 4.74 Å². The van der Waals surface area contributed by atoms with Gasteiger partial charge in [0.15, 0.2) is 0 Å². The number of likely N-dealkylation sites (N-methyl/N-ethyl adjacent to an activating group) is 1. The van der Waals surface area contributed by atoms with Gasteiger partial charge in [0, 0.05) is 68.0 Å². The standard InChI is InChI=1S/C28H30ClFN6O4/c1-33-6-8-34(9-7-33)22-3-5-27(36(38)39)26(18-22)32-25-14-19(2-4-24(25)29)28(37)31-21-15-20(30)16-23(17-21)35-10-12-40-13-11-35/h2-5,14-18,32H,6-13H2,1H3,(H,31,37). The molecule has 0 spiro atoms. The molecule has 0 aliphatic carbocycles. The molecular formula is C28H30ClFN6O4. The first kappa shape index (κ1) is 27.6. The van der Waals surface area contributed by atoms with Crippen LogP contribution in [0.3, 0.4) is 0 Å². The number of rotatable bonds is 7. The van der Waals surface area contributed by atoms with Crippen molar-refractivity contribution >= 4 is 51.6 Å². The van der Waals surface area contributed by atoms with E-state index in [1.54, 1.807) is 30.3 Å². The van der Waals surface area contributed by atoms with Crippen molar-refractivity contribution in [1.82, 2.24) is 4.90 Å². The van der Waals surface area contributed by atoms with Gasteiger partial charge in [-0.15, -0.1) is 0 Å². The Bertz CT molecular complexity index is 1410. The second-order valence-corrected chi connectivity index (χ2v) is 10.2. The molecule has 12 heteroatoms. The molecule has 210 valence electrons. The highest BCUT2D eigenvalue weighted by Crippen LogP contribution is 2.35. The zero-order valence-electron chi connectivity index (χ0n) is 22.0. The molecule has 0 aromatic heterocycles. The lowest BCUT2D eigenvalue weighted by Crippen LogP contribution is -2.44. The molecule has 5 rings (SSSR count). The number of nitrogens with zero attached hydrogens (tertiary/aromatic N) is 4. The minimum Gasteiger partial charge on any atom is -0.378 e. The highest BCUT2D eigenvalue weighted by atomic mass is 35.5. The van der Waals surface area contributed by atoms with Gasteiger partial charge in [-0.05, 0) is 55.6 Å². The third-order valence-electron chi connectivity index (χ3n) is 7.06. The van der Waals surface area contributed by atoms with Crippen LogP contribution in [0, 0.1) is 15.9 Å². The molecule has 0 atom stereocenters. The van der Waals surface area contributed by atoms with E-state index in [-0.39, 0.29) is 22.0 Å². The van der Waals surface area contributed by atoms with E-state index < -0.39 is 16.6 Å². The molecular weight excluding hydrogens is 539 g/mol. The third-order valence-corrected chi connectivity index (χ3v) is 7.39. The number of carbonyl (C=O) groups excluding carboxylic acids is 1. The number of anilines is 5. The topological polar surface area (TPSA) is 103 Å². The van der Waals surface area contributed by atoms with Gasteiger partial charge in [-0.2, -0.15) is 0 Å². The average Bonchev–Trinajstić information content (AvgIpc) is 2.94. The molecule has 40 heavy (non-hydrogen) atoms. The number of nitrogens with one attached hydrogen (secondary N) is 2. The first-order chi connectivity index (χ1) is 19.3. The molecule has 1 amide bonds. The fraction of sp³-hybridized carbons (Fsp3) is 0.321. The van der Waals surface area contributed by atoms with E-state index in [9.17, 15) is 19.3 Å². The molecule has 2 N–H and O–H groups in total. The lowest BCUT2D eigenvalue weighted by atomic mass is 10.1. The molecule has 2 aliphatic rings. The smallest absolute Gasteiger partial charge is 0.292 e. The highest BCUT2D eigenvalue weighted by molar-refractivity contribution is 6.33. The van der Waals surface area contributed by atoms with Crippen LogP contribution in [0.2, 0.25) is 5.02 Å². The molecule has 0 radical (unpaired) electrons. The van der Waals surface area contributed by atoms with E-state index in [1.807, 2.05) is 4.90 Å². The monoisotopic (exact) mass is 568 g/mol. The third kappa shape index (κ3) is 6.44. The quantitative estimate of drug-likeness (QED) is 0.304. The Kier molecular flexibility index (Phi) is 8.34. The predicted octanol–water partition coefficient (Wildman–Crippen LogP) is 4.97. The van der Waals surface area contributed by atoms with Gasteiger partial charge in [-0.3, -0.25) is 14.9 Å². The van der Waals surface area contributed by atoms with Crippen LogP contribution in [0.5, 0.6) is 0 Å². The van der Waals surface area contributed by atoms with E-state index in [0.29, 0.717) is 43.4 Å². The molecule has 2 saturated heterocycles. The van der Waals surface area contributed by atoms with Crippen molar-refractivity contribution in [3.8, 4) is 0 Å². The van der Waals surface area contributed by atoms with Crippen LogP contribution in [0.15, 0.2) is 54.6 Å². The second kappa shape index (κ2) is 12.1. The minimum atomic E-state index is -0.473. The normalized spacial score (nSPS) is 16.1. The number of carbonyl (C=O) groups is 1. The van der Waals surface area contributed by atoms with Crippen LogP contribution < -0.4 is 20.4 Å². The predicted molar refractivity (Wildman–Crippen MR) is 155 cm³/mol. The summed E-state index contributed by atoms with van der Waals surface area (Å²) in [5, 5.41) is 17.9. The summed E-state index contributed by atoms with van der Waals surface area (Å²) in [5.41, 5.74) is 2.56. The number of hydrogen-bond donors (Lipinski definition) is 2. The summed E-state index contributed by atoms with van der Waals surface area (Å²) in [6.45, 7) is 5.75. The number of hydrogen-bond acceptors (Lipinski definition) is 8. The van der Waals surface area contributed by atoms with Crippen LogP contribution in [-0.4, -0.2) is 75.3 Å². The molecule has 2 aliphatic heterocycles. The van der Waals surface area contributed by atoms with Crippen molar-refractivity contribution in [1.29, 1.82) is 0 Å². The zero-order chi connectivity index (χ0) is 28.2. The van der Waals surface area contributed by atoms with Crippen LogP contribution in [0.4, 0.5) is 38.5 Å².